The van der Waals surface area contributed by atoms with Gasteiger partial charge >= 0.3 is 0 Å². The van der Waals surface area contributed by atoms with Crippen molar-refractivity contribution >= 4 is 22.5 Å². The number of carbonyl (C=O) groups is 1. The molecule has 0 spiro atoms. The highest BCUT2D eigenvalue weighted by Crippen LogP contribution is 2.19. The van der Waals surface area contributed by atoms with Crippen LogP contribution in [0.25, 0.3) is 10.9 Å². The number of pyridine rings is 1. The van der Waals surface area contributed by atoms with Crippen molar-refractivity contribution in [3.8, 4) is 0 Å². The molecule has 3 rings (SSSR count). The number of para-hydroxylation sites is 2. The van der Waals surface area contributed by atoms with Crippen LogP contribution in [-0.4, -0.2) is 10.9 Å². The molecule has 0 radical (unpaired) electrons. The molecular weight excluding hydrogens is 262 g/mol. The van der Waals surface area contributed by atoms with Crippen LogP contribution in [-0.2, 0) is 6.54 Å². The van der Waals surface area contributed by atoms with E-state index < -0.39 is 0 Å². The summed E-state index contributed by atoms with van der Waals surface area (Å²) in [6.07, 6.45) is 1.69. The van der Waals surface area contributed by atoms with Gasteiger partial charge in [0.05, 0.1) is 11.1 Å². The van der Waals surface area contributed by atoms with Crippen LogP contribution < -0.4 is 11.1 Å². The highest BCUT2D eigenvalue weighted by molar-refractivity contribution is 6.12. The lowest BCUT2D eigenvalue weighted by Gasteiger charge is -2.10. The van der Waals surface area contributed by atoms with Crippen molar-refractivity contribution in [2.75, 3.05) is 5.32 Å². The fourth-order valence-corrected chi connectivity index (χ4v) is 2.30. The second-order valence-corrected chi connectivity index (χ2v) is 4.70. The third-order valence-corrected chi connectivity index (χ3v) is 3.36. The molecule has 2 aromatic carbocycles. The lowest BCUT2D eigenvalue weighted by Crippen LogP contribution is -2.15. The lowest BCUT2D eigenvalue weighted by molar-refractivity contribution is 0.102. The van der Waals surface area contributed by atoms with E-state index in [1.54, 1.807) is 12.3 Å². The molecule has 3 aromatic rings. The van der Waals surface area contributed by atoms with Crippen molar-refractivity contribution in [2.45, 2.75) is 6.54 Å². The van der Waals surface area contributed by atoms with E-state index in [4.69, 9.17) is 5.73 Å². The zero-order chi connectivity index (χ0) is 14.7. The Labute approximate surface area is 122 Å². The Balaban J connectivity index is 1.98. The molecule has 1 heterocycles. The van der Waals surface area contributed by atoms with Gasteiger partial charge < -0.3 is 11.1 Å². The fourth-order valence-electron chi connectivity index (χ4n) is 2.30. The van der Waals surface area contributed by atoms with Crippen molar-refractivity contribution in [3.63, 3.8) is 0 Å². The molecule has 0 aliphatic carbocycles. The minimum atomic E-state index is -0.180. The van der Waals surface area contributed by atoms with Gasteiger partial charge in [0.25, 0.3) is 5.91 Å². The summed E-state index contributed by atoms with van der Waals surface area (Å²) in [7, 11) is 0. The van der Waals surface area contributed by atoms with Crippen LogP contribution in [0.15, 0.2) is 60.8 Å². The van der Waals surface area contributed by atoms with Gasteiger partial charge in [0.1, 0.15) is 0 Å². The zero-order valence-electron chi connectivity index (χ0n) is 11.4. The molecule has 4 nitrogen and oxygen atoms in total. The second kappa shape index (κ2) is 5.73. The SMILES string of the molecule is NCc1ccccc1NC(=O)c1cccc2cccnc12. The molecule has 0 saturated heterocycles. The Kier molecular flexibility index (Phi) is 3.62. The summed E-state index contributed by atoms with van der Waals surface area (Å²) in [5.74, 6) is -0.180. The third-order valence-electron chi connectivity index (χ3n) is 3.36. The van der Waals surface area contributed by atoms with Crippen molar-refractivity contribution in [3.05, 3.63) is 71.9 Å². The van der Waals surface area contributed by atoms with Crippen molar-refractivity contribution < 1.29 is 4.79 Å². The smallest absolute Gasteiger partial charge is 0.257 e. The summed E-state index contributed by atoms with van der Waals surface area (Å²) in [5, 5.41) is 3.85. The molecule has 0 atom stereocenters. The number of nitrogens with two attached hydrogens (primary N) is 1. The number of hydrogen-bond acceptors (Lipinski definition) is 3. The lowest BCUT2D eigenvalue weighted by atomic mass is 10.1. The first kappa shape index (κ1) is 13.3. The van der Waals surface area contributed by atoms with E-state index in [2.05, 4.69) is 10.3 Å². The largest absolute Gasteiger partial charge is 0.326 e. The number of nitrogens with one attached hydrogen (secondary N) is 1. The summed E-state index contributed by atoms with van der Waals surface area (Å²) in [5.41, 5.74) is 8.58. The number of fused-ring (bicyclic) bond motifs is 1. The van der Waals surface area contributed by atoms with Gasteiger partial charge in [0.2, 0.25) is 0 Å². The Morgan fingerprint density at radius 1 is 1.05 bits per heavy atom. The highest BCUT2D eigenvalue weighted by atomic mass is 16.1. The molecule has 0 unspecified atom stereocenters. The molecule has 3 N–H and O–H groups in total. The van der Waals surface area contributed by atoms with Crippen LogP contribution in [0.2, 0.25) is 0 Å². The number of benzene rings is 2. The monoisotopic (exact) mass is 277 g/mol. The molecular formula is C17H15N3O. The summed E-state index contributed by atoms with van der Waals surface area (Å²) < 4.78 is 0. The Hall–Kier alpha value is -2.72. The first-order valence-corrected chi connectivity index (χ1v) is 6.72. The number of anilines is 1. The van der Waals surface area contributed by atoms with E-state index in [1.165, 1.54) is 0 Å². The van der Waals surface area contributed by atoms with Gasteiger partial charge in [-0.3, -0.25) is 9.78 Å². The zero-order valence-corrected chi connectivity index (χ0v) is 11.4. The highest BCUT2D eigenvalue weighted by Gasteiger charge is 2.12. The maximum Gasteiger partial charge on any atom is 0.257 e. The van der Waals surface area contributed by atoms with E-state index in [0.717, 1.165) is 16.6 Å². The summed E-state index contributed by atoms with van der Waals surface area (Å²) in [6.45, 7) is 0.379. The molecule has 1 aromatic heterocycles. The van der Waals surface area contributed by atoms with Crippen LogP contribution in [0.3, 0.4) is 0 Å². The number of rotatable bonds is 3. The van der Waals surface area contributed by atoms with Crippen LogP contribution in [0, 0.1) is 0 Å². The minimum absolute atomic E-state index is 0.180. The van der Waals surface area contributed by atoms with E-state index in [-0.39, 0.29) is 5.91 Å². The summed E-state index contributed by atoms with van der Waals surface area (Å²) in [6, 6.07) is 16.9. The van der Waals surface area contributed by atoms with E-state index in [0.29, 0.717) is 17.6 Å². The minimum Gasteiger partial charge on any atom is -0.326 e. The van der Waals surface area contributed by atoms with Crippen LogP contribution in [0.4, 0.5) is 5.69 Å². The number of nitrogens with zero attached hydrogens (tertiary/aromatic N) is 1. The quantitative estimate of drug-likeness (QED) is 0.773. The van der Waals surface area contributed by atoms with Gasteiger partial charge in [-0.25, -0.2) is 0 Å². The van der Waals surface area contributed by atoms with E-state index in [1.807, 2.05) is 48.5 Å². The average Bonchev–Trinajstić information content (AvgIpc) is 2.54. The first-order chi connectivity index (χ1) is 10.3. The predicted octanol–water partition coefficient (Wildman–Crippen LogP) is 2.95. The number of hydrogen-bond donors (Lipinski definition) is 2. The molecule has 4 heteroatoms. The molecule has 104 valence electrons. The van der Waals surface area contributed by atoms with Crippen molar-refractivity contribution in [1.82, 2.24) is 4.98 Å². The fraction of sp³-hybridized carbons (Fsp3) is 0.0588. The Bertz CT molecular complexity index is 793. The second-order valence-electron chi connectivity index (χ2n) is 4.70. The maximum absolute atomic E-state index is 12.5. The van der Waals surface area contributed by atoms with Gasteiger partial charge in [-0.2, -0.15) is 0 Å². The summed E-state index contributed by atoms with van der Waals surface area (Å²) >= 11 is 0. The first-order valence-electron chi connectivity index (χ1n) is 6.72. The molecule has 1 amide bonds. The molecule has 0 bridgehead atoms. The Morgan fingerprint density at radius 3 is 2.71 bits per heavy atom. The summed E-state index contributed by atoms with van der Waals surface area (Å²) in [4.78, 5) is 16.8. The molecule has 0 aliphatic rings. The normalized spacial score (nSPS) is 10.5. The van der Waals surface area contributed by atoms with Gasteiger partial charge in [-0.05, 0) is 23.8 Å². The van der Waals surface area contributed by atoms with Gasteiger partial charge in [-0.1, -0.05) is 36.4 Å². The van der Waals surface area contributed by atoms with Gasteiger partial charge in [0.15, 0.2) is 0 Å². The maximum atomic E-state index is 12.5. The van der Waals surface area contributed by atoms with Crippen molar-refractivity contribution in [1.29, 1.82) is 0 Å². The van der Waals surface area contributed by atoms with Crippen molar-refractivity contribution in [2.24, 2.45) is 5.73 Å². The van der Waals surface area contributed by atoms with E-state index in [9.17, 15) is 4.79 Å². The van der Waals surface area contributed by atoms with Gasteiger partial charge in [-0.15, -0.1) is 0 Å². The number of carbonyl (C=O) groups excluding carboxylic acids is 1. The topological polar surface area (TPSA) is 68.0 Å². The molecule has 21 heavy (non-hydrogen) atoms. The number of aromatic nitrogens is 1. The average molecular weight is 277 g/mol. The standard InChI is InChI=1S/C17H15N3O/c18-11-13-5-1-2-9-15(13)20-17(21)14-8-3-6-12-7-4-10-19-16(12)14/h1-10H,11,18H2,(H,20,21). The number of amides is 1. The predicted molar refractivity (Wildman–Crippen MR) is 84.0 cm³/mol. The molecule has 0 fully saturated rings. The molecule has 0 saturated carbocycles. The van der Waals surface area contributed by atoms with Crippen LogP contribution in [0.5, 0.6) is 0 Å². The van der Waals surface area contributed by atoms with Gasteiger partial charge in [0, 0.05) is 23.8 Å². The molecule has 0 aliphatic heterocycles. The van der Waals surface area contributed by atoms with E-state index >= 15 is 0 Å². The van der Waals surface area contributed by atoms with Crippen LogP contribution in [0.1, 0.15) is 15.9 Å². The third kappa shape index (κ3) is 2.61. The van der Waals surface area contributed by atoms with Crippen LogP contribution >= 0.6 is 0 Å². The Morgan fingerprint density at radius 2 is 1.86 bits per heavy atom.